The van der Waals surface area contributed by atoms with Gasteiger partial charge >= 0.3 is 0 Å². The lowest BCUT2D eigenvalue weighted by atomic mass is 10.0. The molecule has 1 N–H and O–H groups in total. The maximum atomic E-state index is 11.8. The Balaban J connectivity index is 2.10. The smallest absolute Gasteiger partial charge is 0.234 e. The van der Waals surface area contributed by atoms with Gasteiger partial charge in [0, 0.05) is 10.7 Å². The molecular weight excluding hydrogens is 278 g/mol. The fourth-order valence-corrected chi connectivity index (χ4v) is 3.50. The highest BCUT2D eigenvalue weighted by molar-refractivity contribution is 8.00. The molecule has 0 aliphatic carbocycles. The van der Waals surface area contributed by atoms with Gasteiger partial charge in [-0.3, -0.25) is 4.79 Å². The van der Waals surface area contributed by atoms with Crippen molar-refractivity contribution >= 4 is 35.0 Å². The van der Waals surface area contributed by atoms with Gasteiger partial charge in [0.1, 0.15) is 0 Å². The fourth-order valence-electron chi connectivity index (χ4n) is 2.20. The summed E-state index contributed by atoms with van der Waals surface area (Å²) >= 11 is 7.65. The summed E-state index contributed by atoms with van der Waals surface area (Å²) in [6.45, 7) is 0. The summed E-state index contributed by atoms with van der Waals surface area (Å²) < 4.78 is 0. The van der Waals surface area contributed by atoms with Crippen molar-refractivity contribution < 1.29 is 4.79 Å². The van der Waals surface area contributed by atoms with Crippen molar-refractivity contribution in [3.8, 4) is 0 Å². The average Bonchev–Trinajstić information content (AvgIpc) is 2.57. The summed E-state index contributed by atoms with van der Waals surface area (Å²) in [6, 6.07) is 15.9. The maximum Gasteiger partial charge on any atom is 0.234 e. The van der Waals surface area contributed by atoms with Gasteiger partial charge in [-0.25, -0.2) is 0 Å². The Bertz CT molecular complexity index is 615. The number of carbonyl (C=O) groups excluding carboxylic acids is 1. The van der Waals surface area contributed by atoms with E-state index in [4.69, 9.17) is 11.6 Å². The normalized spacial score (nSPS) is 18.4. The largest absolute Gasteiger partial charge is 0.325 e. The second-order valence-corrected chi connectivity index (χ2v) is 5.91. The SMILES string of the molecule is O=C1CSC(c2ccccc2)c2ccc(Cl)cc2N1. The number of fused-ring (bicyclic) bond motifs is 1. The number of hydrogen-bond acceptors (Lipinski definition) is 2. The highest BCUT2D eigenvalue weighted by Crippen LogP contribution is 2.41. The third-order valence-electron chi connectivity index (χ3n) is 3.06. The molecule has 19 heavy (non-hydrogen) atoms. The van der Waals surface area contributed by atoms with E-state index in [0.717, 1.165) is 11.3 Å². The Labute approximate surface area is 121 Å². The van der Waals surface area contributed by atoms with Crippen LogP contribution in [0.4, 0.5) is 5.69 Å². The van der Waals surface area contributed by atoms with Crippen molar-refractivity contribution in [3.63, 3.8) is 0 Å². The van der Waals surface area contributed by atoms with Gasteiger partial charge in [0.05, 0.1) is 11.0 Å². The van der Waals surface area contributed by atoms with Gasteiger partial charge in [0.2, 0.25) is 5.91 Å². The first-order chi connectivity index (χ1) is 9.24. The average molecular weight is 290 g/mol. The van der Waals surface area contributed by atoms with E-state index in [1.165, 1.54) is 5.56 Å². The van der Waals surface area contributed by atoms with Gasteiger partial charge in [-0.2, -0.15) is 0 Å². The van der Waals surface area contributed by atoms with Crippen molar-refractivity contribution in [1.29, 1.82) is 0 Å². The van der Waals surface area contributed by atoms with E-state index in [1.807, 2.05) is 36.4 Å². The van der Waals surface area contributed by atoms with Crippen molar-refractivity contribution in [3.05, 3.63) is 64.7 Å². The first-order valence-corrected chi connectivity index (χ1v) is 7.42. The lowest BCUT2D eigenvalue weighted by molar-refractivity contribution is -0.113. The number of benzene rings is 2. The Morgan fingerprint density at radius 3 is 2.74 bits per heavy atom. The molecule has 2 nitrogen and oxygen atoms in total. The molecule has 0 saturated heterocycles. The summed E-state index contributed by atoms with van der Waals surface area (Å²) in [7, 11) is 0. The molecule has 1 aliphatic heterocycles. The van der Waals surface area contributed by atoms with Crippen molar-refractivity contribution in [2.75, 3.05) is 11.1 Å². The van der Waals surface area contributed by atoms with Crippen LogP contribution in [0.25, 0.3) is 0 Å². The lowest BCUT2D eigenvalue weighted by Gasteiger charge is -2.17. The van der Waals surface area contributed by atoms with E-state index in [9.17, 15) is 4.79 Å². The minimum absolute atomic E-state index is 0.0203. The van der Waals surface area contributed by atoms with Gasteiger partial charge in [-0.05, 0) is 23.3 Å². The molecule has 96 valence electrons. The third kappa shape index (κ3) is 2.62. The molecule has 1 aliphatic rings. The van der Waals surface area contributed by atoms with Crippen LogP contribution in [0.15, 0.2) is 48.5 Å². The van der Waals surface area contributed by atoms with Gasteiger partial charge in [-0.15, -0.1) is 11.8 Å². The summed E-state index contributed by atoms with van der Waals surface area (Å²) in [4.78, 5) is 11.8. The molecule has 2 aromatic rings. The molecule has 0 saturated carbocycles. The Hall–Kier alpha value is -1.45. The van der Waals surface area contributed by atoms with Gasteiger partial charge in [0.25, 0.3) is 0 Å². The number of halogens is 1. The summed E-state index contributed by atoms with van der Waals surface area (Å²) in [5.41, 5.74) is 3.12. The van der Waals surface area contributed by atoms with E-state index in [-0.39, 0.29) is 11.2 Å². The van der Waals surface area contributed by atoms with Crippen molar-refractivity contribution in [1.82, 2.24) is 0 Å². The van der Waals surface area contributed by atoms with Crippen molar-refractivity contribution in [2.45, 2.75) is 5.25 Å². The monoisotopic (exact) mass is 289 g/mol. The number of amides is 1. The molecule has 1 heterocycles. The molecule has 4 heteroatoms. The molecule has 1 amide bonds. The third-order valence-corrected chi connectivity index (χ3v) is 4.58. The molecule has 0 fully saturated rings. The van der Waals surface area contributed by atoms with E-state index < -0.39 is 0 Å². The standard InChI is InChI=1S/C15H12ClNOS/c16-11-6-7-12-13(8-11)17-14(18)9-19-15(12)10-4-2-1-3-5-10/h1-8,15H,9H2,(H,17,18). The number of rotatable bonds is 1. The number of thioether (sulfide) groups is 1. The van der Waals surface area contributed by atoms with Crippen LogP contribution < -0.4 is 5.32 Å². The van der Waals surface area contributed by atoms with E-state index in [1.54, 1.807) is 11.8 Å². The number of nitrogens with one attached hydrogen (secondary N) is 1. The molecule has 0 aromatic heterocycles. The predicted molar refractivity (Wildman–Crippen MR) is 80.8 cm³/mol. The molecule has 0 radical (unpaired) electrons. The van der Waals surface area contributed by atoms with E-state index >= 15 is 0 Å². The van der Waals surface area contributed by atoms with Crippen LogP contribution in [-0.4, -0.2) is 11.7 Å². The molecule has 1 unspecified atom stereocenters. The van der Waals surface area contributed by atoms with E-state index in [0.29, 0.717) is 10.8 Å². The zero-order valence-electron chi connectivity index (χ0n) is 10.1. The van der Waals surface area contributed by atoms with Crippen LogP contribution in [0.5, 0.6) is 0 Å². The topological polar surface area (TPSA) is 29.1 Å². The van der Waals surface area contributed by atoms with Crippen LogP contribution in [-0.2, 0) is 4.79 Å². The fraction of sp³-hybridized carbons (Fsp3) is 0.133. The second kappa shape index (κ2) is 5.27. The van der Waals surface area contributed by atoms with Crippen LogP contribution in [0.2, 0.25) is 5.02 Å². The Kier molecular flexibility index (Phi) is 3.49. The zero-order valence-corrected chi connectivity index (χ0v) is 11.7. The van der Waals surface area contributed by atoms with Crippen LogP contribution in [0.3, 0.4) is 0 Å². The molecule has 1 atom stereocenters. The highest BCUT2D eigenvalue weighted by Gasteiger charge is 2.23. The Morgan fingerprint density at radius 1 is 1.16 bits per heavy atom. The van der Waals surface area contributed by atoms with Gasteiger partial charge in [-0.1, -0.05) is 48.0 Å². The highest BCUT2D eigenvalue weighted by atomic mass is 35.5. The number of anilines is 1. The predicted octanol–water partition coefficient (Wildman–Crippen LogP) is 4.11. The zero-order chi connectivity index (χ0) is 13.2. The quantitative estimate of drug-likeness (QED) is 0.856. The minimum atomic E-state index is 0.0203. The summed E-state index contributed by atoms with van der Waals surface area (Å²) in [6.07, 6.45) is 0. The van der Waals surface area contributed by atoms with Crippen LogP contribution in [0.1, 0.15) is 16.4 Å². The first kappa shape index (κ1) is 12.6. The van der Waals surface area contributed by atoms with Crippen molar-refractivity contribution in [2.24, 2.45) is 0 Å². The van der Waals surface area contributed by atoms with Crippen LogP contribution >= 0.6 is 23.4 Å². The maximum absolute atomic E-state index is 11.8. The second-order valence-electron chi connectivity index (χ2n) is 4.38. The van der Waals surface area contributed by atoms with E-state index in [2.05, 4.69) is 17.4 Å². The van der Waals surface area contributed by atoms with Gasteiger partial charge < -0.3 is 5.32 Å². The molecular formula is C15H12ClNOS. The molecule has 0 bridgehead atoms. The lowest BCUT2D eigenvalue weighted by Crippen LogP contribution is -2.12. The van der Waals surface area contributed by atoms with Gasteiger partial charge in [0.15, 0.2) is 0 Å². The molecule has 2 aromatic carbocycles. The molecule has 0 spiro atoms. The number of carbonyl (C=O) groups is 1. The summed E-state index contributed by atoms with van der Waals surface area (Å²) in [5.74, 6) is 0.471. The minimum Gasteiger partial charge on any atom is -0.325 e. The van der Waals surface area contributed by atoms with Crippen LogP contribution in [0, 0.1) is 0 Å². The first-order valence-electron chi connectivity index (χ1n) is 6.00. The number of hydrogen-bond donors (Lipinski definition) is 1. The molecule has 3 rings (SSSR count). The Morgan fingerprint density at radius 2 is 1.95 bits per heavy atom. The summed E-state index contributed by atoms with van der Waals surface area (Å²) in [5, 5.41) is 3.72.